The van der Waals surface area contributed by atoms with Gasteiger partial charge in [-0.3, -0.25) is 0 Å². The lowest BCUT2D eigenvalue weighted by Gasteiger charge is -2.30. The third-order valence-electron chi connectivity index (χ3n) is 6.09. The molecule has 0 radical (unpaired) electrons. The predicted octanol–water partition coefficient (Wildman–Crippen LogP) is 7.26. The zero-order valence-electron chi connectivity index (χ0n) is 17.0. The van der Waals surface area contributed by atoms with E-state index < -0.39 is 0 Å². The number of hydrogen-bond acceptors (Lipinski definition) is 1. The highest BCUT2D eigenvalue weighted by molar-refractivity contribution is 5.93. The van der Waals surface area contributed by atoms with Gasteiger partial charge in [0, 0.05) is 24.7 Å². The number of aryl methyl sites for hydroxylation is 1. The van der Waals surface area contributed by atoms with Gasteiger partial charge in [-0.1, -0.05) is 91.9 Å². The van der Waals surface area contributed by atoms with Crippen LogP contribution in [-0.4, -0.2) is 7.05 Å². The summed E-state index contributed by atoms with van der Waals surface area (Å²) in [6.07, 6.45) is 1.93. The van der Waals surface area contributed by atoms with Crippen LogP contribution in [0.5, 0.6) is 0 Å². The molecule has 29 heavy (non-hydrogen) atoms. The minimum atomic E-state index is 0.925. The summed E-state index contributed by atoms with van der Waals surface area (Å²) in [5.41, 5.74) is 11.9. The van der Waals surface area contributed by atoms with Gasteiger partial charge in [0.15, 0.2) is 0 Å². The average molecular weight is 376 g/mol. The van der Waals surface area contributed by atoms with Crippen LogP contribution in [0.3, 0.4) is 0 Å². The molecule has 0 bridgehead atoms. The molecular formula is C28H25N. The summed E-state index contributed by atoms with van der Waals surface area (Å²) in [5, 5.41) is 0. The summed E-state index contributed by atoms with van der Waals surface area (Å²) >= 11 is 0. The van der Waals surface area contributed by atoms with Crippen molar-refractivity contribution in [1.29, 1.82) is 0 Å². The molecule has 0 fully saturated rings. The smallest absolute Gasteiger partial charge is 0.0520 e. The lowest BCUT2D eigenvalue weighted by molar-refractivity contribution is 1.07. The van der Waals surface area contributed by atoms with Crippen LogP contribution in [0.15, 0.2) is 91.0 Å². The first-order valence-electron chi connectivity index (χ1n) is 10.4. The molecular weight excluding hydrogens is 350 g/mol. The molecule has 0 unspecified atom stereocenters. The van der Waals surface area contributed by atoms with Crippen LogP contribution < -0.4 is 4.90 Å². The van der Waals surface area contributed by atoms with E-state index in [0.717, 1.165) is 12.8 Å². The second-order valence-corrected chi connectivity index (χ2v) is 7.73. The minimum Gasteiger partial charge on any atom is -0.344 e. The fourth-order valence-electron chi connectivity index (χ4n) is 4.69. The van der Waals surface area contributed by atoms with E-state index in [1.165, 1.54) is 50.3 Å². The molecule has 1 nitrogen and oxygen atoms in total. The first kappa shape index (κ1) is 17.8. The van der Waals surface area contributed by atoms with Crippen LogP contribution in [0.25, 0.3) is 22.3 Å². The second-order valence-electron chi connectivity index (χ2n) is 7.73. The minimum absolute atomic E-state index is 0.925. The van der Waals surface area contributed by atoms with Crippen LogP contribution >= 0.6 is 0 Å². The third-order valence-corrected chi connectivity index (χ3v) is 6.09. The van der Waals surface area contributed by atoms with E-state index in [1.54, 1.807) is 0 Å². The molecule has 0 atom stereocenters. The van der Waals surface area contributed by atoms with Crippen LogP contribution in [0.4, 0.5) is 11.4 Å². The van der Waals surface area contributed by atoms with Crippen molar-refractivity contribution in [2.45, 2.75) is 19.8 Å². The van der Waals surface area contributed by atoms with Crippen molar-refractivity contribution in [2.75, 3.05) is 11.9 Å². The summed E-state index contributed by atoms with van der Waals surface area (Å²) in [4.78, 5) is 2.40. The van der Waals surface area contributed by atoms with E-state index in [-0.39, 0.29) is 0 Å². The first-order chi connectivity index (χ1) is 14.3. The fraction of sp³-hybridized carbons (Fsp3) is 0.143. The first-order valence-corrected chi connectivity index (χ1v) is 10.4. The molecule has 0 aromatic heterocycles. The predicted molar refractivity (Wildman–Crippen MR) is 124 cm³/mol. The van der Waals surface area contributed by atoms with E-state index in [4.69, 9.17) is 0 Å². The van der Waals surface area contributed by atoms with Crippen LogP contribution in [0.1, 0.15) is 23.6 Å². The zero-order valence-corrected chi connectivity index (χ0v) is 17.0. The van der Waals surface area contributed by atoms with Gasteiger partial charge in [0.25, 0.3) is 0 Å². The van der Waals surface area contributed by atoms with Gasteiger partial charge in [-0.25, -0.2) is 0 Å². The Morgan fingerprint density at radius 2 is 1.21 bits per heavy atom. The fourth-order valence-corrected chi connectivity index (χ4v) is 4.69. The second kappa shape index (κ2) is 7.25. The van der Waals surface area contributed by atoms with Crippen LogP contribution in [0.2, 0.25) is 0 Å². The SMILES string of the molecule is CCc1cccc2c1N(C)c1ccccc1Cc1ccccc1-c1ccccc1-2. The van der Waals surface area contributed by atoms with Gasteiger partial charge < -0.3 is 4.90 Å². The number of benzene rings is 4. The van der Waals surface area contributed by atoms with Crippen molar-refractivity contribution in [1.82, 2.24) is 0 Å². The molecule has 142 valence electrons. The van der Waals surface area contributed by atoms with Gasteiger partial charge in [-0.05, 0) is 45.9 Å². The Balaban J connectivity index is 1.92. The van der Waals surface area contributed by atoms with Crippen molar-refractivity contribution in [3.8, 4) is 22.3 Å². The molecule has 0 aliphatic carbocycles. The van der Waals surface area contributed by atoms with Crippen LogP contribution in [-0.2, 0) is 12.8 Å². The van der Waals surface area contributed by atoms with Gasteiger partial charge in [0.05, 0.1) is 5.69 Å². The Hall–Kier alpha value is -3.32. The molecule has 1 heterocycles. The summed E-state index contributed by atoms with van der Waals surface area (Å²) in [6.45, 7) is 2.25. The Morgan fingerprint density at radius 3 is 1.97 bits per heavy atom. The van der Waals surface area contributed by atoms with Crippen LogP contribution in [0, 0.1) is 0 Å². The highest BCUT2D eigenvalue weighted by Gasteiger charge is 2.21. The lowest BCUT2D eigenvalue weighted by Crippen LogP contribution is -2.16. The molecule has 0 N–H and O–H groups in total. The average Bonchev–Trinajstić information content (AvgIpc) is 2.78. The molecule has 4 aromatic carbocycles. The van der Waals surface area contributed by atoms with Crippen molar-refractivity contribution in [3.63, 3.8) is 0 Å². The largest absolute Gasteiger partial charge is 0.344 e. The Morgan fingerprint density at radius 1 is 0.621 bits per heavy atom. The lowest BCUT2D eigenvalue weighted by atomic mass is 9.86. The number of fused-ring (bicyclic) bond motifs is 6. The molecule has 0 saturated heterocycles. The number of nitrogens with zero attached hydrogens (tertiary/aromatic N) is 1. The standard InChI is InChI=1S/C28H25N/c1-3-20-13-10-17-26-25-16-8-7-15-24(25)23-14-6-4-11-21(23)19-22-12-5-9-18-27(22)29(2)28(20)26/h4-18H,3,19H2,1-2H3. The van der Waals surface area contributed by atoms with E-state index in [0.29, 0.717) is 0 Å². The summed E-state index contributed by atoms with van der Waals surface area (Å²) in [6, 6.07) is 33.3. The van der Waals surface area contributed by atoms with Gasteiger partial charge in [-0.15, -0.1) is 0 Å². The molecule has 0 spiro atoms. The Kier molecular flexibility index (Phi) is 4.44. The molecule has 1 aliphatic heterocycles. The van der Waals surface area contributed by atoms with Crippen molar-refractivity contribution >= 4 is 11.4 Å². The van der Waals surface area contributed by atoms with Crippen molar-refractivity contribution in [3.05, 3.63) is 108 Å². The quantitative estimate of drug-likeness (QED) is 0.338. The van der Waals surface area contributed by atoms with Gasteiger partial charge in [-0.2, -0.15) is 0 Å². The summed E-state index contributed by atoms with van der Waals surface area (Å²) in [7, 11) is 2.22. The highest BCUT2D eigenvalue weighted by atomic mass is 15.1. The summed E-state index contributed by atoms with van der Waals surface area (Å²) < 4.78 is 0. The van der Waals surface area contributed by atoms with Gasteiger partial charge in [0.2, 0.25) is 0 Å². The van der Waals surface area contributed by atoms with Gasteiger partial charge in [0.1, 0.15) is 0 Å². The Labute approximate surface area is 173 Å². The molecule has 5 rings (SSSR count). The topological polar surface area (TPSA) is 3.24 Å². The van der Waals surface area contributed by atoms with E-state index in [2.05, 4.69) is 110 Å². The number of hydrogen-bond donors (Lipinski definition) is 0. The Bertz CT molecular complexity index is 1190. The zero-order chi connectivity index (χ0) is 19.8. The molecule has 1 heteroatoms. The summed E-state index contributed by atoms with van der Waals surface area (Å²) in [5.74, 6) is 0. The molecule has 0 amide bonds. The van der Waals surface area contributed by atoms with E-state index >= 15 is 0 Å². The maximum Gasteiger partial charge on any atom is 0.0520 e. The number of para-hydroxylation sites is 2. The molecule has 1 aliphatic rings. The monoisotopic (exact) mass is 375 g/mol. The van der Waals surface area contributed by atoms with Crippen molar-refractivity contribution < 1.29 is 0 Å². The maximum atomic E-state index is 2.40. The van der Waals surface area contributed by atoms with E-state index in [1.807, 2.05) is 0 Å². The number of anilines is 2. The molecule has 0 saturated carbocycles. The molecule has 4 aromatic rings. The number of rotatable bonds is 1. The third kappa shape index (κ3) is 2.94. The van der Waals surface area contributed by atoms with E-state index in [9.17, 15) is 0 Å². The highest BCUT2D eigenvalue weighted by Crippen LogP contribution is 2.44. The van der Waals surface area contributed by atoms with Gasteiger partial charge >= 0.3 is 0 Å². The maximum absolute atomic E-state index is 2.40. The normalized spacial score (nSPS) is 12.4. The van der Waals surface area contributed by atoms with Crippen molar-refractivity contribution in [2.24, 2.45) is 0 Å².